The SMILES string of the molecule is Bc1c(B)c(B)c(-c2cccc(S(c3ccccc3)(c3ccccc3)c3cccc(-c4nc(-n5c6c(B)c(B)c(B)c(B)c6c6c(B)c(B)c(B)c(B)c65)nc(-n5c6c(B)c(B)c(B)c(B)c6c6c(B)c(B)c(B)c(B)c65)n4)c3)c2)c(B)c1B. The molecule has 0 aliphatic heterocycles. The first-order valence-electron chi connectivity index (χ1n) is 30.0. The Labute approximate surface area is 516 Å². The molecule has 27 heteroatoms. The van der Waals surface area contributed by atoms with E-state index in [0.717, 1.165) is 27.6 Å². The summed E-state index contributed by atoms with van der Waals surface area (Å²) in [6.45, 7) is 0. The van der Waals surface area contributed by atoms with Crippen molar-refractivity contribution in [2.75, 3.05) is 0 Å². The lowest BCUT2D eigenvalue weighted by Gasteiger charge is -2.42. The Hall–Kier alpha value is -6.70. The molecule has 12 aromatic rings. The van der Waals surface area contributed by atoms with Gasteiger partial charge in [-0.3, -0.25) is 9.13 Å². The monoisotopic (exact) mass is 1080 g/mol. The van der Waals surface area contributed by atoms with E-state index in [0.29, 0.717) is 17.7 Å². The zero-order valence-corrected chi connectivity index (χ0v) is 54.4. The third-order valence-electron chi connectivity index (χ3n) is 21.1. The fourth-order valence-corrected chi connectivity index (χ4v) is 18.4. The number of hydrogen-bond donors (Lipinski definition) is 0. The van der Waals surface area contributed by atoms with Crippen LogP contribution < -0.4 is 115 Å². The Kier molecular flexibility index (Phi) is 14.5. The van der Waals surface area contributed by atoms with E-state index in [1.807, 2.05) is 0 Å². The van der Waals surface area contributed by atoms with Gasteiger partial charge in [-0.05, 0) is 81.2 Å². The summed E-state index contributed by atoms with van der Waals surface area (Å²) in [7, 11) is 45.9. The average Bonchev–Trinajstić information content (AvgIpc) is 1.61. The van der Waals surface area contributed by atoms with E-state index >= 15 is 0 Å². The lowest BCUT2D eigenvalue weighted by Crippen LogP contribution is -2.55. The minimum atomic E-state index is -2.21. The van der Waals surface area contributed by atoms with Crippen LogP contribution in [-0.4, -0.2) is 189 Å². The topological polar surface area (TPSA) is 48.5 Å². The molecule has 0 unspecified atom stereocenters. The molecule has 9 aromatic carbocycles. The molecule has 0 aliphatic carbocycles. The van der Waals surface area contributed by atoms with E-state index in [9.17, 15) is 0 Å². The fourth-order valence-electron chi connectivity index (χ4n) is 14.5. The quantitative estimate of drug-likeness (QED) is 0.143. The minimum Gasteiger partial charge on any atom is -0.279 e. The number of fused-ring (bicyclic) bond motifs is 6. The lowest BCUT2D eigenvalue weighted by atomic mass is 9.60. The first-order valence-corrected chi connectivity index (χ1v) is 31.6. The second-order valence-corrected chi connectivity index (χ2v) is 27.7. The van der Waals surface area contributed by atoms with Gasteiger partial charge in [-0.2, -0.15) is 15.0 Å². The number of nitrogens with zero attached hydrogens (tertiary/aromatic N) is 5. The van der Waals surface area contributed by atoms with Crippen LogP contribution in [0.4, 0.5) is 0 Å². The Morgan fingerprint density at radius 3 is 0.869 bits per heavy atom. The van der Waals surface area contributed by atoms with Crippen LogP contribution in [0, 0.1) is 0 Å². The van der Waals surface area contributed by atoms with Gasteiger partial charge in [0.15, 0.2) is 5.82 Å². The molecule has 0 N–H and O–H groups in total. The highest BCUT2D eigenvalue weighted by Crippen LogP contribution is 2.73. The van der Waals surface area contributed by atoms with Gasteiger partial charge in [0.1, 0.15) is 165 Å². The van der Waals surface area contributed by atoms with Crippen molar-refractivity contribution in [3.63, 3.8) is 0 Å². The van der Waals surface area contributed by atoms with E-state index in [2.05, 4.69) is 283 Å². The van der Waals surface area contributed by atoms with Crippen LogP contribution in [-0.2, 0) is 0 Å². The summed E-state index contributed by atoms with van der Waals surface area (Å²) in [5.74, 6) is 1.83. The largest absolute Gasteiger partial charge is 0.279 e. The zero-order valence-electron chi connectivity index (χ0n) is 53.5. The van der Waals surface area contributed by atoms with Crippen molar-refractivity contribution < 1.29 is 0 Å². The highest BCUT2D eigenvalue weighted by atomic mass is 32.3. The van der Waals surface area contributed by atoms with Crippen LogP contribution >= 0.6 is 10.0 Å². The molecule has 0 amide bonds. The third kappa shape index (κ3) is 8.19. The normalized spacial score (nSPS) is 12.0. The Balaban J connectivity index is 1.25. The van der Waals surface area contributed by atoms with E-state index in [1.165, 1.54) is 167 Å². The summed E-state index contributed by atoms with van der Waals surface area (Å²) in [6, 6.07) is 41.2. The number of benzene rings is 9. The highest BCUT2D eigenvalue weighted by Gasteiger charge is 2.35. The fraction of sp³-hybridized carbons (Fsp3) is 0. The van der Waals surface area contributed by atoms with Crippen LogP contribution in [0.1, 0.15) is 0 Å². The van der Waals surface area contributed by atoms with Gasteiger partial charge >= 0.3 is 0 Å². The van der Waals surface area contributed by atoms with E-state index in [1.54, 1.807) is 0 Å². The van der Waals surface area contributed by atoms with E-state index in [4.69, 9.17) is 15.0 Å². The molecule has 12 rings (SSSR count). The summed E-state index contributed by atoms with van der Waals surface area (Å²) in [6.07, 6.45) is 0. The van der Waals surface area contributed by atoms with Crippen molar-refractivity contribution in [3.05, 3.63) is 109 Å². The molecule has 3 aromatic heterocycles. The third-order valence-corrected chi connectivity index (χ3v) is 25.0. The second-order valence-electron chi connectivity index (χ2n) is 24.6. The van der Waals surface area contributed by atoms with Gasteiger partial charge in [-0.15, -0.1) is 48.3 Å². The van der Waals surface area contributed by atoms with Gasteiger partial charge in [0, 0.05) is 47.2 Å². The molecule has 0 radical (unpaired) electrons. The molecule has 84 heavy (non-hydrogen) atoms. The molecule has 0 bridgehead atoms. The summed E-state index contributed by atoms with van der Waals surface area (Å²) in [4.78, 5) is 22.7. The molecule has 3 heterocycles. The molecule has 0 fully saturated rings. The molecular formula is C57H60B21N5S. The van der Waals surface area contributed by atoms with Gasteiger partial charge in [0.2, 0.25) is 11.9 Å². The smallest absolute Gasteiger partial charge is 0.240 e. The van der Waals surface area contributed by atoms with Gasteiger partial charge in [0.25, 0.3) is 0 Å². The van der Waals surface area contributed by atoms with Crippen molar-refractivity contribution in [3.8, 4) is 34.4 Å². The van der Waals surface area contributed by atoms with Crippen LogP contribution in [0.2, 0.25) is 0 Å². The number of rotatable bonds is 8. The Bertz CT molecular complexity index is 4480. The maximum absolute atomic E-state index is 5.93. The molecule has 382 valence electrons. The minimum absolute atomic E-state index is 0.607. The van der Waals surface area contributed by atoms with E-state index < -0.39 is 10.0 Å². The first kappa shape index (κ1) is 57.7. The Morgan fingerprint density at radius 2 is 0.524 bits per heavy atom. The van der Waals surface area contributed by atoms with Crippen molar-refractivity contribution in [2.24, 2.45) is 0 Å². The molecule has 0 saturated carbocycles. The van der Waals surface area contributed by atoms with Crippen molar-refractivity contribution >= 4 is 333 Å². The second kappa shape index (κ2) is 21.1. The van der Waals surface area contributed by atoms with Crippen molar-refractivity contribution in [1.29, 1.82) is 0 Å². The molecule has 5 nitrogen and oxygen atoms in total. The zero-order chi connectivity index (χ0) is 60.0. The molecular weight excluding hydrogens is 1010 g/mol. The van der Waals surface area contributed by atoms with Crippen LogP contribution in [0.15, 0.2) is 129 Å². The number of hydrogen-bond acceptors (Lipinski definition) is 3. The van der Waals surface area contributed by atoms with Crippen molar-refractivity contribution in [2.45, 2.75) is 19.6 Å². The number of aromatic nitrogens is 5. The summed E-state index contributed by atoms with van der Waals surface area (Å²) >= 11 is 0. The molecule has 0 atom stereocenters. The predicted octanol–water partition coefficient (Wildman–Crippen LogP) is -21.8. The van der Waals surface area contributed by atoms with Gasteiger partial charge in [-0.25, -0.2) is 0 Å². The standard InChI is InChI=1S/C57H60B21N5S/c58-30-25(31(59)37(65)42(70)36(30)64)19-9-7-15-23(17-19)84(21-11-3-1-4-12-21,22-13-5-2-6-14-22)24-16-8-10-20(18-24)55-79-56(82-51-26(32(60)38(66)43(71)47(51)75)27-33(61)39(67)44(72)48(76)52(27)82)81-57(80-55)83-53-28(34(62)40(68)45(73)49(53)77)29-35(63)41(69)46(74)50(78)54(29)83/h1-18H,58-78H2. The predicted molar refractivity (Wildman–Crippen MR) is 431 cm³/mol. The Morgan fingerprint density at radius 1 is 0.250 bits per heavy atom. The van der Waals surface area contributed by atoms with Gasteiger partial charge < -0.3 is 0 Å². The lowest BCUT2D eigenvalue weighted by molar-refractivity contribution is 0.895. The summed E-state index contributed by atoms with van der Waals surface area (Å²) < 4.78 is 4.85. The van der Waals surface area contributed by atoms with E-state index in [-0.39, 0.29) is 0 Å². The van der Waals surface area contributed by atoms with Crippen LogP contribution in [0.3, 0.4) is 0 Å². The molecule has 0 aliphatic rings. The first-order chi connectivity index (χ1) is 40.0. The average molecular weight is 1070 g/mol. The molecule has 0 spiro atoms. The summed E-state index contributed by atoms with van der Waals surface area (Å²) in [5.41, 5.74) is 35.4. The van der Waals surface area contributed by atoms with Gasteiger partial charge in [-0.1, -0.05) is 137 Å². The summed E-state index contributed by atoms with van der Waals surface area (Å²) in [5, 5.41) is 5.09. The van der Waals surface area contributed by atoms with Crippen molar-refractivity contribution in [1.82, 2.24) is 24.1 Å². The maximum atomic E-state index is 5.93. The maximum Gasteiger partial charge on any atom is 0.240 e. The molecule has 0 saturated heterocycles. The highest BCUT2D eigenvalue weighted by molar-refractivity contribution is 8.34. The van der Waals surface area contributed by atoms with Crippen LogP contribution in [0.5, 0.6) is 0 Å². The van der Waals surface area contributed by atoms with Crippen LogP contribution in [0.25, 0.3) is 78.0 Å². The van der Waals surface area contributed by atoms with Gasteiger partial charge in [0.05, 0.1) is 0 Å².